The summed E-state index contributed by atoms with van der Waals surface area (Å²) in [4.78, 5) is 40.0. The second kappa shape index (κ2) is 9.16. The molecule has 2 amide bonds. The Morgan fingerprint density at radius 1 is 0.966 bits per heavy atom. The zero-order valence-electron chi connectivity index (χ0n) is 15.4. The average Bonchev–Trinajstić information content (AvgIpc) is 2.72. The third-order valence-electron chi connectivity index (χ3n) is 4.03. The maximum atomic E-state index is 12.4. The summed E-state index contributed by atoms with van der Waals surface area (Å²) in [6, 6.07) is 18.5. The normalized spacial score (nSPS) is 13.0. The lowest BCUT2D eigenvalue weighted by Crippen LogP contribution is -2.40. The van der Waals surface area contributed by atoms with Crippen molar-refractivity contribution in [1.82, 2.24) is 4.90 Å². The van der Waals surface area contributed by atoms with E-state index in [0.717, 1.165) is 16.0 Å². The van der Waals surface area contributed by atoms with Crippen LogP contribution in [0.2, 0.25) is 0 Å². The molecule has 0 aliphatic carbocycles. The second-order valence-electron chi connectivity index (χ2n) is 6.18. The van der Waals surface area contributed by atoms with Crippen molar-refractivity contribution < 1.29 is 19.5 Å². The molecule has 0 spiro atoms. The summed E-state index contributed by atoms with van der Waals surface area (Å²) in [6.07, 6.45) is 0.753. The van der Waals surface area contributed by atoms with Crippen molar-refractivity contribution in [2.24, 2.45) is 4.99 Å². The van der Waals surface area contributed by atoms with Gasteiger partial charge in [0.1, 0.15) is 6.54 Å². The summed E-state index contributed by atoms with van der Waals surface area (Å²) in [5.74, 6) is 6.38. The van der Waals surface area contributed by atoms with Crippen LogP contribution in [0.15, 0.2) is 59.6 Å². The van der Waals surface area contributed by atoms with Gasteiger partial charge in [-0.05, 0) is 29.2 Å². The maximum Gasteiger partial charge on any atom is 0.335 e. The Kier molecular flexibility index (Phi) is 6.19. The Labute approximate surface area is 167 Å². The van der Waals surface area contributed by atoms with Crippen LogP contribution >= 0.6 is 0 Å². The van der Waals surface area contributed by atoms with E-state index in [1.54, 1.807) is 12.1 Å². The highest BCUT2D eigenvalue weighted by atomic mass is 16.4. The maximum absolute atomic E-state index is 12.4. The number of carboxylic acids is 1. The fraction of sp³-hybridized carbons (Fsp3) is 0.130. The Morgan fingerprint density at radius 2 is 1.62 bits per heavy atom. The van der Waals surface area contributed by atoms with Crippen LogP contribution in [-0.2, 0) is 22.4 Å². The summed E-state index contributed by atoms with van der Waals surface area (Å²) in [6.45, 7) is -0.215. The van der Waals surface area contributed by atoms with Gasteiger partial charge >= 0.3 is 5.97 Å². The number of aromatic carboxylic acids is 1. The fourth-order valence-corrected chi connectivity index (χ4v) is 2.54. The molecule has 1 aliphatic rings. The van der Waals surface area contributed by atoms with Gasteiger partial charge in [-0.2, -0.15) is 4.99 Å². The van der Waals surface area contributed by atoms with Crippen molar-refractivity contribution in [3.63, 3.8) is 0 Å². The zero-order chi connectivity index (χ0) is 20.6. The summed E-state index contributed by atoms with van der Waals surface area (Å²) in [5, 5.41) is 8.90. The Bertz CT molecular complexity index is 1090. The van der Waals surface area contributed by atoms with Crippen LogP contribution < -0.4 is 0 Å². The van der Waals surface area contributed by atoms with Crippen molar-refractivity contribution in [2.75, 3.05) is 6.54 Å². The minimum absolute atomic E-state index is 0.114. The van der Waals surface area contributed by atoms with Crippen molar-refractivity contribution >= 4 is 23.5 Å². The molecule has 1 N–H and O–H groups in total. The summed E-state index contributed by atoms with van der Waals surface area (Å²) in [5.41, 5.74) is 1.88. The number of amides is 2. The number of nitrogens with zero attached hydrogens (tertiary/aromatic N) is 2. The van der Waals surface area contributed by atoms with Crippen LogP contribution in [0.25, 0.3) is 0 Å². The van der Waals surface area contributed by atoms with Gasteiger partial charge in [-0.3, -0.25) is 14.5 Å². The number of carbonyl (C=O) groups excluding carboxylic acids is 2. The van der Waals surface area contributed by atoms with Crippen molar-refractivity contribution in [3.05, 3.63) is 71.3 Å². The van der Waals surface area contributed by atoms with Gasteiger partial charge in [0.2, 0.25) is 0 Å². The molecule has 0 radical (unpaired) electrons. The number of hydrogen-bond acceptors (Lipinski definition) is 3. The lowest BCUT2D eigenvalue weighted by Gasteiger charge is -2.16. The molecular formula is C23H16N2O4. The molecule has 142 valence electrons. The van der Waals surface area contributed by atoms with E-state index in [1.807, 2.05) is 30.3 Å². The van der Waals surface area contributed by atoms with Crippen molar-refractivity contribution in [2.45, 2.75) is 12.8 Å². The Balaban J connectivity index is 1.65. The van der Waals surface area contributed by atoms with E-state index < -0.39 is 17.8 Å². The quantitative estimate of drug-likeness (QED) is 0.820. The molecule has 29 heavy (non-hydrogen) atoms. The van der Waals surface area contributed by atoms with Crippen LogP contribution in [0, 0.1) is 23.8 Å². The lowest BCUT2D eigenvalue weighted by molar-refractivity contribution is -0.128. The Hall–Kier alpha value is -4.16. The molecule has 0 fully saturated rings. The summed E-state index contributed by atoms with van der Waals surface area (Å²) in [7, 11) is 0. The van der Waals surface area contributed by atoms with Crippen LogP contribution in [0.4, 0.5) is 0 Å². The number of carboxylic acid groups (broad SMARTS) is 1. The number of hydrogen-bond donors (Lipinski definition) is 1. The van der Waals surface area contributed by atoms with Crippen LogP contribution in [0.1, 0.15) is 21.5 Å². The monoisotopic (exact) mass is 384 g/mol. The first kappa shape index (κ1) is 19.6. The molecule has 3 rings (SSSR count). The zero-order valence-corrected chi connectivity index (χ0v) is 15.4. The Morgan fingerprint density at radius 3 is 2.31 bits per heavy atom. The topological polar surface area (TPSA) is 87.0 Å². The number of rotatable bonds is 3. The van der Waals surface area contributed by atoms with E-state index in [9.17, 15) is 14.4 Å². The molecule has 1 heterocycles. The standard InChI is InChI=1S/C23H16N2O4/c26-21-16-25(15-5-9-18-11-13-19(14-12-18)23(28)29)22(27)20(24-21)10-4-8-17-6-2-1-3-7-17/h1-3,6-7,11-14H,8-9,16H2,(H,28,29). The van der Waals surface area contributed by atoms with E-state index in [0.29, 0.717) is 12.8 Å². The molecule has 0 aromatic heterocycles. The van der Waals surface area contributed by atoms with Crippen LogP contribution in [0.5, 0.6) is 0 Å². The molecule has 0 unspecified atom stereocenters. The molecule has 6 heteroatoms. The smallest absolute Gasteiger partial charge is 0.335 e. The first-order chi connectivity index (χ1) is 14.0. The molecule has 0 saturated carbocycles. The van der Waals surface area contributed by atoms with Gasteiger partial charge in [-0.1, -0.05) is 54.3 Å². The van der Waals surface area contributed by atoms with Crippen LogP contribution in [0.3, 0.4) is 0 Å². The SMILES string of the molecule is O=C1CN(C#CCc2ccc(C(=O)O)cc2)C(=O)C(C#CCc2ccccc2)=N1. The molecule has 0 saturated heterocycles. The van der Waals surface area contributed by atoms with Crippen LogP contribution in [-0.4, -0.2) is 40.0 Å². The molecule has 2 aromatic carbocycles. The number of aliphatic imine (C=N–C) groups is 1. The van der Waals surface area contributed by atoms with E-state index in [4.69, 9.17) is 5.11 Å². The predicted octanol–water partition coefficient (Wildman–Crippen LogP) is 1.94. The molecule has 1 aliphatic heterocycles. The first-order valence-electron chi connectivity index (χ1n) is 8.80. The largest absolute Gasteiger partial charge is 0.478 e. The van der Waals surface area contributed by atoms with E-state index >= 15 is 0 Å². The van der Waals surface area contributed by atoms with Gasteiger partial charge in [0, 0.05) is 18.9 Å². The third-order valence-corrected chi connectivity index (χ3v) is 4.03. The average molecular weight is 384 g/mol. The molecular weight excluding hydrogens is 368 g/mol. The number of carbonyl (C=O) groups is 3. The van der Waals surface area contributed by atoms with E-state index in [1.165, 1.54) is 12.1 Å². The molecule has 0 atom stereocenters. The predicted molar refractivity (Wildman–Crippen MR) is 107 cm³/mol. The minimum atomic E-state index is -1.000. The highest BCUT2D eigenvalue weighted by Crippen LogP contribution is 2.06. The molecule has 6 nitrogen and oxygen atoms in total. The van der Waals surface area contributed by atoms with Gasteiger partial charge in [-0.25, -0.2) is 4.79 Å². The van der Waals surface area contributed by atoms with Gasteiger partial charge < -0.3 is 5.11 Å². The third kappa shape index (κ3) is 5.41. The highest BCUT2D eigenvalue weighted by molar-refractivity contribution is 6.48. The minimum Gasteiger partial charge on any atom is -0.478 e. The van der Waals surface area contributed by atoms with E-state index in [2.05, 4.69) is 28.8 Å². The number of benzene rings is 2. The summed E-state index contributed by atoms with van der Waals surface area (Å²) < 4.78 is 0. The molecule has 2 aromatic rings. The highest BCUT2D eigenvalue weighted by Gasteiger charge is 2.25. The van der Waals surface area contributed by atoms with Gasteiger partial charge in [-0.15, -0.1) is 0 Å². The van der Waals surface area contributed by atoms with Gasteiger partial charge in [0.25, 0.3) is 11.8 Å². The molecule has 0 bridgehead atoms. The lowest BCUT2D eigenvalue weighted by atomic mass is 10.1. The van der Waals surface area contributed by atoms with Crippen molar-refractivity contribution in [3.8, 4) is 23.8 Å². The summed E-state index contributed by atoms with van der Waals surface area (Å²) >= 11 is 0. The second-order valence-corrected chi connectivity index (χ2v) is 6.18. The first-order valence-corrected chi connectivity index (χ1v) is 8.80. The fourth-order valence-electron chi connectivity index (χ4n) is 2.54. The van der Waals surface area contributed by atoms with E-state index in [-0.39, 0.29) is 17.8 Å². The van der Waals surface area contributed by atoms with Gasteiger partial charge in [0.05, 0.1) is 5.56 Å². The van der Waals surface area contributed by atoms with Gasteiger partial charge in [0.15, 0.2) is 5.71 Å². The van der Waals surface area contributed by atoms with Crippen molar-refractivity contribution in [1.29, 1.82) is 0 Å².